The fraction of sp³-hybridized carbons (Fsp3) is 0.167. The van der Waals surface area contributed by atoms with Crippen LogP contribution in [-0.4, -0.2) is 30.1 Å². The van der Waals surface area contributed by atoms with Gasteiger partial charge in [-0.2, -0.15) is 0 Å². The van der Waals surface area contributed by atoms with E-state index in [-0.39, 0.29) is 6.61 Å². The SMILES string of the molecule is O=C(O)C(CF)=NOCC=Cc1ccccc1. The Morgan fingerprint density at radius 3 is 2.71 bits per heavy atom. The monoisotopic (exact) mass is 237 g/mol. The molecule has 0 bridgehead atoms. The molecule has 0 radical (unpaired) electrons. The first kappa shape index (κ1) is 12.9. The largest absolute Gasteiger partial charge is 0.477 e. The Hall–Kier alpha value is -2.17. The molecule has 0 saturated carbocycles. The van der Waals surface area contributed by atoms with Crippen LogP contribution in [0.2, 0.25) is 0 Å². The number of carboxylic acids is 1. The number of carboxylic acid groups (broad SMARTS) is 1. The molecule has 0 amide bonds. The van der Waals surface area contributed by atoms with Gasteiger partial charge in [0.2, 0.25) is 0 Å². The van der Waals surface area contributed by atoms with Gasteiger partial charge in [0, 0.05) is 0 Å². The molecular weight excluding hydrogens is 225 g/mol. The molecule has 1 aromatic carbocycles. The van der Waals surface area contributed by atoms with Gasteiger partial charge in [0.05, 0.1) is 0 Å². The molecule has 0 unspecified atom stereocenters. The van der Waals surface area contributed by atoms with E-state index in [4.69, 9.17) is 5.11 Å². The van der Waals surface area contributed by atoms with E-state index in [1.165, 1.54) is 0 Å². The molecule has 90 valence electrons. The first-order valence-electron chi connectivity index (χ1n) is 4.93. The number of hydrogen-bond acceptors (Lipinski definition) is 3. The van der Waals surface area contributed by atoms with E-state index in [0.29, 0.717) is 0 Å². The summed E-state index contributed by atoms with van der Waals surface area (Å²) in [4.78, 5) is 15.0. The average molecular weight is 237 g/mol. The van der Waals surface area contributed by atoms with Gasteiger partial charge >= 0.3 is 5.97 Å². The molecule has 1 aromatic rings. The van der Waals surface area contributed by atoms with E-state index < -0.39 is 18.4 Å². The highest BCUT2D eigenvalue weighted by Crippen LogP contribution is 2.00. The summed E-state index contributed by atoms with van der Waals surface area (Å²) >= 11 is 0. The van der Waals surface area contributed by atoms with Crippen molar-refractivity contribution in [3.8, 4) is 0 Å². The number of oxime groups is 1. The van der Waals surface area contributed by atoms with Gasteiger partial charge in [-0.1, -0.05) is 41.6 Å². The minimum absolute atomic E-state index is 0.0890. The van der Waals surface area contributed by atoms with Crippen molar-refractivity contribution >= 4 is 17.8 Å². The normalized spacial score (nSPS) is 11.7. The Bertz CT molecular complexity index is 415. The summed E-state index contributed by atoms with van der Waals surface area (Å²) in [6.07, 6.45) is 3.46. The second-order valence-electron chi connectivity index (χ2n) is 3.09. The molecule has 0 aliphatic rings. The van der Waals surface area contributed by atoms with E-state index in [9.17, 15) is 9.18 Å². The second kappa shape index (κ2) is 7.16. The maximum absolute atomic E-state index is 12.1. The number of carbonyl (C=O) groups is 1. The van der Waals surface area contributed by atoms with Crippen molar-refractivity contribution in [1.82, 2.24) is 0 Å². The fourth-order valence-electron chi connectivity index (χ4n) is 1.03. The average Bonchev–Trinajstić information content (AvgIpc) is 2.34. The zero-order valence-electron chi connectivity index (χ0n) is 9.04. The van der Waals surface area contributed by atoms with Crippen molar-refractivity contribution in [1.29, 1.82) is 0 Å². The molecular formula is C12H12FNO3. The Balaban J connectivity index is 2.38. The molecule has 1 N–H and O–H groups in total. The summed E-state index contributed by atoms with van der Waals surface area (Å²) in [5.74, 6) is -1.42. The lowest BCUT2D eigenvalue weighted by atomic mass is 10.2. The lowest BCUT2D eigenvalue weighted by Crippen LogP contribution is -2.15. The number of halogens is 1. The number of alkyl halides is 1. The van der Waals surface area contributed by atoms with Crippen LogP contribution in [0.25, 0.3) is 6.08 Å². The van der Waals surface area contributed by atoms with Crippen molar-refractivity contribution < 1.29 is 19.1 Å². The van der Waals surface area contributed by atoms with Crippen molar-refractivity contribution in [3.63, 3.8) is 0 Å². The van der Waals surface area contributed by atoms with Crippen molar-refractivity contribution in [2.24, 2.45) is 5.16 Å². The van der Waals surface area contributed by atoms with Crippen LogP contribution < -0.4 is 0 Å². The summed E-state index contributed by atoms with van der Waals surface area (Å²) in [5.41, 5.74) is 0.349. The van der Waals surface area contributed by atoms with Crippen molar-refractivity contribution in [2.45, 2.75) is 0 Å². The zero-order valence-corrected chi connectivity index (χ0v) is 9.04. The lowest BCUT2D eigenvalue weighted by molar-refractivity contribution is -0.129. The highest BCUT2D eigenvalue weighted by Gasteiger charge is 2.08. The zero-order chi connectivity index (χ0) is 12.5. The van der Waals surface area contributed by atoms with Crippen LogP contribution in [-0.2, 0) is 9.63 Å². The third-order valence-electron chi connectivity index (χ3n) is 1.83. The quantitative estimate of drug-likeness (QED) is 0.468. The summed E-state index contributed by atoms with van der Waals surface area (Å²) in [6.45, 7) is -1.07. The van der Waals surface area contributed by atoms with E-state index >= 15 is 0 Å². The van der Waals surface area contributed by atoms with Gasteiger partial charge in [-0.3, -0.25) is 0 Å². The van der Waals surface area contributed by atoms with Gasteiger partial charge in [-0.15, -0.1) is 0 Å². The third kappa shape index (κ3) is 4.92. The molecule has 0 heterocycles. The summed E-state index contributed by atoms with van der Waals surface area (Å²) in [6, 6.07) is 9.50. The van der Waals surface area contributed by atoms with Gasteiger partial charge in [0.1, 0.15) is 13.3 Å². The Kier molecular flexibility index (Phi) is 5.43. The number of benzene rings is 1. The maximum atomic E-state index is 12.1. The minimum atomic E-state index is -1.42. The predicted molar refractivity (Wildman–Crippen MR) is 62.5 cm³/mol. The summed E-state index contributed by atoms with van der Waals surface area (Å²) in [7, 11) is 0. The van der Waals surface area contributed by atoms with Crippen LogP contribution in [0, 0.1) is 0 Å². The number of rotatable bonds is 6. The topological polar surface area (TPSA) is 58.9 Å². The molecule has 4 nitrogen and oxygen atoms in total. The third-order valence-corrected chi connectivity index (χ3v) is 1.83. The number of aliphatic carboxylic acids is 1. The van der Waals surface area contributed by atoms with Crippen molar-refractivity contribution in [3.05, 3.63) is 42.0 Å². The molecule has 1 rings (SSSR count). The van der Waals surface area contributed by atoms with Gasteiger partial charge < -0.3 is 9.94 Å². The van der Waals surface area contributed by atoms with Crippen LogP contribution in [0.15, 0.2) is 41.6 Å². The van der Waals surface area contributed by atoms with Gasteiger partial charge in [0.15, 0.2) is 5.71 Å². The molecule has 0 aromatic heterocycles. The lowest BCUT2D eigenvalue weighted by Gasteiger charge is -1.96. The summed E-state index contributed by atoms with van der Waals surface area (Å²) < 4.78 is 12.1. The van der Waals surface area contributed by atoms with Crippen LogP contribution in [0.4, 0.5) is 4.39 Å². The van der Waals surface area contributed by atoms with Gasteiger partial charge in [0.25, 0.3) is 0 Å². The number of nitrogens with zero attached hydrogens (tertiary/aromatic N) is 1. The Morgan fingerprint density at radius 1 is 1.41 bits per heavy atom. The van der Waals surface area contributed by atoms with E-state index in [1.54, 1.807) is 12.2 Å². The Labute approximate surface area is 98.0 Å². The number of hydrogen-bond donors (Lipinski definition) is 1. The smallest absolute Gasteiger partial charge is 0.356 e. The second-order valence-corrected chi connectivity index (χ2v) is 3.09. The molecule has 0 aliphatic carbocycles. The standard InChI is InChI=1S/C12H12FNO3/c13-9-11(12(15)16)14-17-8-4-7-10-5-2-1-3-6-10/h1-7H,8-9H2,(H,15,16). The van der Waals surface area contributed by atoms with Crippen molar-refractivity contribution in [2.75, 3.05) is 13.3 Å². The maximum Gasteiger partial charge on any atom is 0.356 e. The van der Waals surface area contributed by atoms with Crippen LogP contribution in [0.1, 0.15) is 5.56 Å². The van der Waals surface area contributed by atoms with Gasteiger partial charge in [-0.05, 0) is 11.6 Å². The molecule has 5 heteroatoms. The highest BCUT2D eigenvalue weighted by molar-refractivity contribution is 6.36. The van der Waals surface area contributed by atoms with Crippen LogP contribution in [0.5, 0.6) is 0 Å². The molecule has 0 spiro atoms. The molecule has 0 fully saturated rings. The highest BCUT2D eigenvalue weighted by atomic mass is 19.1. The Morgan fingerprint density at radius 2 is 2.12 bits per heavy atom. The minimum Gasteiger partial charge on any atom is -0.477 e. The molecule has 0 saturated heterocycles. The fourth-order valence-corrected chi connectivity index (χ4v) is 1.03. The molecule has 17 heavy (non-hydrogen) atoms. The van der Waals surface area contributed by atoms with Gasteiger partial charge in [-0.25, -0.2) is 9.18 Å². The van der Waals surface area contributed by atoms with E-state index in [2.05, 4.69) is 9.99 Å². The van der Waals surface area contributed by atoms with E-state index in [0.717, 1.165) is 5.56 Å². The van der Waals surface area contributed by atoms with Crippen LogP contribution >= 0.6 is 0 Å². The van der Waals surface area contributed by atoms with Crippen LogP contribution in [0.3, 0.4) is 0 Å². The first-order chi connectivity index (χ1) is 8.24. The first-order valence-corrected chi connectivity index (χ1v) is 4.93. The molecule has 0 aliphatic heterocycles. The predicted octanol–water partition coefficient (Wildman–Crippen LogP) is 2.13. The molecule has 0 atom stereocenters. The van der Waals surface area contributed by atoms with E-state index in [1.807, 2.05) is 30.3 Å². The summed E-state index contributed by atoms with van der Waals surface area (Å²) in [5, 5.41) is 11.6.